The summed E-state index contributed by atoms with van der Waals surface area (Å²) in [5.74, 6) is 1.94. The highest BCUT2D eigenvalue weighted by molar-refractivity contribution is 5.90. The van der Waals surface area contributed by atoms with Crippen LogP contribution in [0, 0.1) is 27.7 Å². The molecule has 0 spiro atoms. The molecule has 0 fully saturated rings. The van der Waals surface area contributed by atoms with E-state index in [2.05, 4.69) is 88.4 Å². The van der Waals surface area contributed by atoms with Crippen molar-refractivity contribution >= 4 is 21.5 Å². The van der Waals surface area contributed by atoms with Gasteiger partial charge in [-0.25, -0.2) is 0 Å². The molecule has 0 aromatic heterocycles. The first kappa shape index (κ1) is 15.7. The second-order valence-electron chi connectivity index (χ2n) is 6.84. The second kappa shape index (κ2) is 5.93. The fraction of sp³-hybridized carbons (Fsp3) is 0.167. The minimum Gasteiger partial charge on any atom is -0.456 e. The molecule has 0 aliphatic heterocycles. The Hall–Kier alpha value is -2.80. The van der Waals surface area contributed by atoms with Crippen LogP contribution in [0.5, 0.6) is 11.5 Å². The molecule has 1 heteroatoms. The van der Waals surface area contributed by atoms with Crippen LogP contribution in [0.2, 0.25) is 0 Å². The van der Waals surface area contributed by atoms with Crippen LogP contribution < -0.4 is 4.74 Å². The van der Waals surface area contributed by atoms with Gasteiger partial charge in [0.1, 0.15) is 11.5 Å². The van der Waals surface area contributed by atoms with E-state index in [4.69, 9.17) is 4.74 Å². The number of rotatable bonds is 2. The summed E-state index contributed by atoms with van der Waals surface area (Å²) in [5, 5.41) is 5.02. The third kappa shape index (κ3) is 2.56. The lowest BCUT2D eigenvalue weighted by Gasteiger charge is -2.18. The lowest BCUT2D eigenvalue weighted by atomic mass is 9.99. The molecule has 0 radical (unpaired) electrons. The molecule has 0 bridgehead atoms. The monoisotopic (exact) mass is 326 g/mol. The minimum absolute atomic E-state index is 0.972. The van der Waals surface area contributed by atoms with E-state index in [1.807, 2.05) is 0 Å². The van der Waals surface area contributed by atoms with E-state index in [-0.39, 0.29) is 0 Å². The van der Waals surface area contributed by atoms with Gasteiger partial charge in [0.15, 0.2) is 0 Å². The van der Waals surface area contributed by atoms with E-state index in [9.17, 15) is 0 Å². The smallest absolute Gasteiger partial charge is 0.133 e. The summed E-state index contributed by atoms with van der Waals surface area (Å²) in [7, 11) is 0. The highest BCUT2D eigenvalue weighted by Crippen LogP contribution is 2.39. The summed E-state index contributed by atoms with van der Waals surface area (Å²) in [6.45, 7) is 8.55. The van der Waals surface area contributed by atoms with E-state index < -0.39 is 0 Å². The maximum Gasteiger partial charge on any atom is 0.133 e. The normalized spacial score (nSPS) is 11.2. The Balaban J connectivity index is 1.91. The third-order valence-corrected chi connectivity index (χ3v) is 5.08. The molecule has 0 atom stereocenters. The van der Waals surface area contributed by atoms with Gasteiger partial charge in [0, 0.05) is 0 Å². The van der Waals surface area contributed by atoms with Crippen molar-refractivity contribution < 1.29 is 4.74 Å². The molecule has 0 aliphatic carbocycles. The predicted octanol–water partition coefficient (Wildman–Crippen LogP) is 7.02. The summed E-state index contributed by atoms with van der Waals surface area (Å²) in [6, 6.07) is 21.4. The summed E-state index contributed by atoms with van der Waals surface area (Å²) < 4.78 is 6.52. The van der Waals surface area contributed by atoms with Crippen molar-refractivity contribution in [2.75, 3.05) is 0 Å². The molecular formula is C24H22O. The Morgan fingerprint density at radius 3 is 1.40 bits per heavy atom. The number of fused-ring (bicyclic) bond motifs is 2. The van der Waals surface area contributed by atoms with Gasteiger partial charge in [-0.2, -0.15) is 0 Å². The largest absolute Gasteiger partial charge is 0.456 e. The van der Waals surface area contributed by atoms with Crippen molar-refractivity contribution in [1.82, 2.24) is 0 Å². The van der Waals surface area contributed by atoms with E-state index in [1.54, 1.807) is 0 Å². The number of aryl methyl sites for hydroxylation is 4. The third-order valence-electron chi connectivity index (χ3n) is 5.08. The second-order valence-corrected chi connectivity index (χ2v) is 6.84. The molecule has 0 amide bonds. The maximum absolute atomic E-state index is 6.52. The molecule has 124 valence electrons. The molecule has 0 aliphatic rings. The highest BCUT2D eigenvalue weighted by atomic mass is 16.5. The van der Waals surface area contributed by atoms with Gasteiger partial charge in [-0.05, 0) is 83.6 Å². The fourth-order valence-electron chi connectivity index (χ4n) is 3.78. The summed E-state index contributed by atoms with van der Waals surface area (Å²) >= 11 is 0. The summed E-state index contributed by atoms with van der Waals surface area (Å²) in [5.41, 5.74) is 4.73. The van der Waals surface area contributed by atoms with Crippen molar-refractivity contribution in [2.45, 2.75) is 27.7 Å². The molecule has 4 aromatic rings. The van der Waals surface area contributed by atoms with E-state index in [1.165, 1.54) is 43.8 Å². The van der Waals surface area contributed by atoms with E-state index in [0.717, 1.165) is 11.5 Å². The van der Waals surface area contributed by atoms with Gasteiger partial charge in [0.2, 0.25) is 0 Å². The predicted molar refractivity (Wildman–Crippen MR) is 107 cm³/mol. The number of hydrogen-bond donors (Lipinski definition) is 0. The lowest BCUT2D eigenvalue weighted by molar-refractivity contribution is 0.470. The van der Waals surface area contributed by atoms with Crippen LogP contribution in [-0.2, 0) is 0 Å². The van der Waals surface area contributed by atoms with Crippen molar-refractivity contribution in [1.29, 1.82) is 0 Å². The quantitative estimate of drug-likeness (QED) is 0.384. The van der Waals surface area contributed by atoms with Gasteiger partial charge >= 0.3 is 0 Å². The Morgan fingerprint density at radius 2 is 0.960 bits per heavy atom. The first-order valence-electron chi connectivity index (χ1n) is 8.72. The Bertz CT molecular complexity index is 1020. The average molecular weight is 326 g/mol. The fourth-order valence-corrected chi connectivity index (χ4v) is 3.78. The van der Waals surface area contributed by atoms with Gasteiger partial charge in [0.25, 0.3) is 0 Å². The van der Waals surface area contributed by atoms with Gasteiger partial charge in [-0.3, -0.25) is 0 Å². The molecule has 0 N–H and O–H groups in total. The molecule has 1 nitrogen and oxygen atoms in total. The number of benzene rings is 4. The van der Waals surface area contributed by atoms with Gasteiger partial charge in [0.05, 0.1) is 0 Å². The van der Waals surface area contributed by atoms with Crippen molar-refractivity contribution in [2.24, 2.45) is 0 Å². The Labute approximate surface area is 148 Å². The van der Waals surface area contributed by atoms with Crippen molar-refractivity contribution in [3.05, 3.63) is 82.9 Å². The van der Waals surface area contributed by atoms with Crippen molar-refractivity contribution in [3.63, 3.8) is 0 Å². The highest BCUT2D eigenvalue weighted by Gasteiger charge is 2.14. The standard InChI is InChI=1S/C24H22O/c1-15-13-19-9-5-7-11-21(19)17(3)23(15)25-24-16(2)14-20-10-6-8-12-22(20)18(24)4/h5-14H,1-4H3. The first-order chi connectivity index (χ1) is 12.1. The molecule has 25 heavy (non-hydrogen) atoms. The average Bonchev–Trinajstić information content (AvgIpc) is 2.61. The van der Waals surface area contributed by atoms with Crippen molar-refractivity contribution in [3.8, 4) is 11.5 Å². The first-order valence-corrected chi connectivity index (χ1v) is 8.72. The van der Waals surface area contributed by atoms with Crippen LogP contribution in [0.25, 0.3) is 21.5 Å². The minimum atomic E-state index is 0.972. The molecule has 0 saturated heterocycles. The van der Waals surface area contributed by atoms with Gasteiger partial charge < -0.3 is 4.74 Å². The molecular weight excluding hydrogens is 304 g/mol. The van der Waals surface area contributed by atoms with Crippen LogP contribution in [0.3, 0.4) is 0 Å². The summed E-state index contributed by atoms with van der Waals surface area (Å²) in [4.78, 5) is 0. The topological polar surface area (TPSA) is 9.23 Å². The van der Waals surface area contributed by atoms with Gasteiger partial charge in [-0.1, -0.05) is 48.5 Å². The molecule has 4 rings (SSSR count). The van der Waals surface area contributed by atoms with Crippen LogP contribution in [-0.4, -0.2) is 0 Å². The molecule has 0 unspecified atom stereocenters. The Kier molecular flexibility index (Phi) is 3.73. The van der Waals surface area contributed by atoms with Crippen LogP contribution in [0.4, 0.5) is 0 Å². The van der Waals surface area contributed by atoms with Gasteiger partial charge in [-0.15, -0.1) is 0 Å². The maximum atomic E-state index is 6.52. The summed E-state index contributed by atoms with van der Waals surface area (Å²) in [6.07, 6.45) is 0. The molecule has 0 saturated carbocycles. The SMILES string of the molecule is Cc1cc2ccccc2c(C)c1Oc1c(C)cc2ccccc2c1C. The van der Waals surface area contributed by atoms with Crippen LogP contribution in [0.1, 0.15) is 22.3 Å². The Morgan fingerprint density at radius 1 is 0.560 bits per heavy atom. The van der Waals surface area contributed by atoms with E-state index in [0.29, 0.717) is 0 Å². The molecule has 4 aromatic carbocycles. The van der Waals surface area contributed by atoms with Crippen LogP contribution in [0.15, 0.2) is 60.7 Å². The lowest BCUT2D eigenvalue weighted by Crippen LogP contribution is -1.97. The van der Waals surface area contributed by atoms with Crippen LogP contribution >= 0.6 is 0 Å². The molecule has 0 heterocycles. The zero-order valence-corrected chi connectivity index (χ0v) is 15.2. The zero-order valence-electron chi connectivity index (χ0n) is 15.2. The van der Waals surface area contributed by atoms with E-state index >= 15 is 0 Å². The number of hydrogen-bond acceptors (Lipinski definition) is 1. The zero-order chi connectivity index (χ0) is 17.6. The number of ether oxygens (including phenoxy) is 1.